The van der Waals surface area contributed by atoms with Crippen molar-refractivity contribution in [2.45, 2.75) is 71.6 Å². The van der Waals surface area contributed by atoms with Crippen LogP contribution in [0.5, 0.6) is 5.75 Å². The van der Waals surface area contributed by atoms with Crippen LogP contribution in [0, 0.1) is 27.7 Å². The first kappa shape index (κ1) is 25.6. The van der Waals surface area contributed by atoms with E-state index in [9.17, 15) is 0 Å². The van der Waals surface area contributed by atoms with E-state index < -0.39 is 0 Å². The highest BCUT2D eigenvalue weighted by Gasteiger charge is 2.42. The summed E-state index contributed by atoms with van der Waals surface area (Å²) in [4.78, 5) is 6.99. The molecule has 2 fully saturated rings. The molecule has 2 aliphatic rings. The molecule has 5 nitrogen and oxygen atoms in total. The molecule has 0 spiro atoms. The fraction of sp³-hybridized carbons (Fsp3) is 0.333. The van der Waals surface area contributed by atoms with Gasteiger partial charge >= 0.3 is 0 Å². The molecule has 3 heterocycles. The summed E-state index contributed by atoms with van der Waals surface area (Å²) in [5.74, 6) is 0.926. The van der Waals surface area contributed by atoms with Gasteiger partial charge in [0.2, 0.25) is 0 Å². The summed E-state index contributed by atoms with van der Waals surface area (Å²) in [5, 5.41) is 4.32. The van der Waals surface area contributed by atoms with Crippen molar-refractivity contribution in [2.75, 3.05) is 4.90 Å². The van der Waals surface area contributed by atoms with Crippen molar-refractivity contribution in [3.63, 3.8) is 0 Å². The standard InChI is InChI=1S/C33H36N4OS/c1-21-12-13-22(2)30(19-21)36-23(3)20-28(24(36)4)32-31(29-11-7-8-18-34-29)35-33(39)37(32)25-14-16-27(17-15-25)38-26-9-5-6-10-26/h7-8,11-20,26,31-32H,5-6,9-10H2,1-4H3,(H,35,39)/t31-,32-/m0/s1. The maximum absolute atomic E-state index is 6.25. The highest BCUT2D eigenvalue weighted by Crippen LogP contribution is 2.44. The lowest BCUT2D eigenvalue weighted by atomic mass is 9.96. The Bertz CT molecular complexity index is 1490. The van der Waals surface area contributed by atoms with Gasteiger partial charge in [-0.1, -0.05) is 18.2 Å². The molecule has 2 atom stereocenters. The van der Waals surface area contributed by atoms with Crippen LogP contribution in [0.3, 0.4) is 0 Å². The van der Waals surface area contributed by atoms with E-state index in [0.717, 1.165) is 30.0 Å². The van der Waals surface area contributed by atoms with Crippen LogP contribution >= 0.6 is 12.2 Å². The van der Waals surface area contributed by atoms with Crippen LogP contribution in [0.2, 0.25) is 0 Å². The number of nitrogens with one attached hydrogen (secondary N) is 1. The molecule has 0 bridgehead atoms. The van der Waals surface area contributed by atoms with E-state index >= 15 is 0 Å². The van der Waals surface area contributed by atoms with Crippen LogP contribution in [-0.2, 0) is 0 Å². The number of aryl methyl sites for hydroxylation is 3. The van der Waals surface area contributed by atoms with Gasteiger partial charge in [0, 0.05) is 29.0 Å². The Kier molecular flexibility index (Phi) is 6.90. The fourth-order valence-corrected chi connectivity index (χ4v) is 6.60. The lowest BCUT2D eigenvalue weighted by Crippen LogP contribution is -2.29. The SMILES string of the molecule is Cc1ccc(C)c(-n2c(C)cc([C@H]3[C@H](c4ccccn4)NC(=S)N3c3ccc(OC4CCCC4)cc3)c2C)c1. The Hall–Kier alpha value is -3.64. The van der Waals surface area contributed by atoms with Crippen molar-refractivity contribution in [1.29, 1.82) is 0 Å². The summed E-state index contributed by atoms with van der Waals surface area (Å²) < 4.78 is 8.63. The maximum atomic E-state index is 6.25. The molecule has 4 aromatic rings. The molecular formula is C33H36N4OS. The minimum Gasteiger partial charge on any atom is -0.490 e. The second-order valence-corrected chi connectivity index (χ2v) is 11.4. The van der Waals surface area contributed by atoms with E-state index in [4.69, 9.17) is 21.9 Å². The zero-order valence-electron chi connectivity index (χ0n) is 23.1. The Labute approximate surface area is 236 Å². The number of hydrogen-bond acceptors (Lipinski definition) is 3. The van der Waals surface area contributed by atoms with Crippen LogP contribution < -0.4 is 15.0 Å². The monoisotopic (exact) mass is 536 g/mol. The molecule has 2 aromatic carbocycles. The molecule has 0 radical (unpaired) electrons. The quantitative estimate of drug-likeness (QED) is 0.257. The Morgan fingerprint density at radius 3 is 2.41 bits per heavy atom. The molecule has 6 rings (SSSR count). The number of nitrogens with zero attached hydrogens (tertiary/aromatic N) is 3. The lowest BCUT2D eigenvalue weighted by Gasteiger charge is -2.28. The fourth-order valence-electron chi connectivity index (χ4n) is 6.25. The van der Waals surface area contributed by atoms with Crippen LogP contribution in [-0.4, -0.2) is 20.8 Å². The Morgan fingerprint density at radius 2 is 1.69 bits per heavy atom. The number of aromatic nitrogens is 2. The lowest BCUT2D eigenvalue weighted by molar-refractivity contribution is 0.210. The highest BCUT2D eigenvalue weighted by molar-refractivity contribution is 7.80. The van der Waals surface area contributed by atoms with Gasteiger partial charge in [-0.25, -0.2) is 0 Å². The smallest absolute Gasteiger partial charge is 0.174 e. The first-order chi connectivity index (χ1) is 18.9. The summed E-state index contributed by atoms with van der Waals surface area (Å²) in [7, 11) is 0. The third-order valence-electron chi connectivity index (χ3n) is 8.21. The number of thiocarbonyl (C=S) groups is 1. The molecule has 1 saturated heterocycles. The summed E-state index contributed by atoms with van der Waals surface area (Å²) in [6, 6.07) is 23.3. The van der Waals surface area contributed by atoms with Gasteiger partial charge in [-0.15, -0.1) is 0 Å². The minimum atomic E-state index is -0.0827. The predicted molar refractivity (Wildman–Crippen MR) is 162 cm³/mol. The van der Waals surface area contributed by atoms with Crippen LogP contribution in [0.4, 0.5) is 5.69 Å². The largest absolute Gasteiger partial charge is 0.490 e. The first-order valence-corrected chi connectivity index (χ1v) is 14.4. The third-order valence-corrected chi connectivity index (χ3v) is 8.53. The molecule has 2 aromatic heterocycles. The molecule has 0 unspecified atom stereocenters. The van der Waals surface area contributed by atoms with Gasteiger partial charge in [0.05, 0.1) is 23.9 Å². The third kappa shape index (κ3) is 4.82. The predicted octanol–water partition coefficient (Wildman–Crippen LogP) is 7.60. The molecule has 200 valence electrons. The number of pyridine rings is 1. The molecular weight excluding hydrogens is 500 g/mol. The highest BCUT2D eigenvalue weighted by atomic mass is 32.1. The van der Waals surface area contributed by atoms with Crippen molar-refractivity contribution in [2.24, 2.45) is 0 Å². The molecule has 1 saturated carbocycles. The molecule has 1 aliphatic carbocycles. The van der Waals surface area contributed by atoms with E-state index in [-0.39, 0.29) is 12.1 Å². The molecule has 0 amide bonds. The average molecular weight is 537 g/mol. The number of benzene rings is 2. The number of ether oxygens (including phenoxy) is 1. The second kappa shape index (κ2) is 10.5. The van der Waals surface area contributed by atoms with Crippen molar-refractivity contribution in [1.82, 2.24) is 14.9 Å². The zero-order valence-corrected chi connectivity index (χ0v) is 24.0. The average Bonchev–Trinajstić information content (AvgIpc) is 3.64. The molecule has 6 heteroatoms. The van der Waals surface area contributed by atoms with Gasteiger partial charge in [0.25, 0.3) is 0 Å². The number of rotatable bonds is 6. The van der Waals surface area contributed by atoms with Gasteiger partial charge in [0.15, 0.2) is 5.11 Å². The van der Waals surface area contributed by atoms with Crippen LogP contribution in [0.1, 0.15) is 71.5 Å². The maximum Gasteiger partial charge on any atom is 0.174 e. The van der Waals surface area contributed by atoms with Crippen molar-refractivity contribution in [3.05, 3.63) is 107 Å². The molecule has 39 heavy (non-hydrogen) atoms. The topological polar surface area (TPSA) is 42.3 Å². The van der Waals surface area contributed by atoms with Gasteiger partial charge in [-0.05, 0) is 131 Å². The minimum absolute atomic E-state index is 0.0564. The molecule has 1 aliphatic heterocycles. The Balaban J connectivity index is 1.43. The van der Waals surface area contributed by atoms with E-state index in [0.29, 0.717) is 11.2 Å². The van der Waals surface area contributed by atoms with E-state index in [1.165, 1.54) is 46.6 Å². The zero-order chi connectivity index (χ0) is 27.1. The van der Waals surface area contributed by atoms with Crippen molar-refractivity contribution in [3.8, 4) is 11.4 Å². The Morgan fingerprint density at radius 1 is 0.923 bits per heavy atom. The normalized spacial score (nSPS) is 19.5. The summed E-state index contributed by atoms with van der Waals surface area (Å²) in [5.41, 5.74) is 9.41. The van der Waals surface area contributed by atoms with Crippen LogP contribution in [0.25, 0.3) is 5.69 Å². The van der Waals surface area contributed by atoms with Gasteiger partial charge in [-0.2, -0.15) is 0 Å². The van der Waals surface area contributed by atoms with E-state index in [2.05, 4.69) is 97.1 Å². The van der Waals surface area contributed by atoms with Crippen LogP contribution in [0.15, 0.2) is 72.9 Å². The van der Waals surface area contributed by atoms with Gasteiger partial charge in [-0.3, -0.25) is 4.98 Å². The van der Waals surface area contributed by atoms with Gasteiger partial charge in [0.1, 0.15) is 5.75 Å². The van der Waals surface area contributed by atoms with E-state index in [1.54, 1.807) is 0 Å². The van der Waals surface area contributed by atoms with Crippen molar-refractivity contribution < 1.29 is 4.74 Å². The summed E-state index contributed by atoms with van der Waals surface area (Å²) in [6.07, 6.45) is 6.99. The van der Waals surface area contributed by atoms with E-state index in [1.807, 2.05) is 18.3 Å². The first-order valence-electron chi connectivity index (χ1n) is 13.9. The van der Waals surface area contributed by atoms with Gasteiger partial charge < -0.3 is 19.5 Å². The molecule has 1 N–H and O–H groups in total. The summed E-state index contributed by atoms with van der Waals surface area (Å²) in [6.45, 7) is 8.74. The second-order valence-electron chi connectivity index (χ2n) is 11.0. The number of hydrogen-bond donors (Lipinski definition) is 1. The number of anilines is 1. The summed E-state index contributed by atoms with van der Waals surface area (Å²) >= 11 is 5.99. The van der Waals surface area contributed by atoms with Crippen molar-refractivity contribution >= 4 is 23.0 Å².